The first kappa shape index (κ1) is 15.0. The smallest absolute Gasteiger partial charge is 0.324 e. The van der Waals surface area contributed by atoms with Crippen LogP contribution in [-0.4, -0.2) is 26.2 Å². The molecule has 4 nitrogen and oxygen atoms in total. The average Bonchev–Trinajstić information content (AvgIpc) is 2.35. The average molecular weight is 236 g/mol. The summed E-state index contributed by atoms with van der Waals surface area (Å²) in [5, 5.41) is 0. The lowest BCUT2D eigenvalue weighted by Crippen LogP contribution is -2.40. The summed E-state index contributed by atoms with van der Waals surface area (Å²) in [6.07, 6.45) is 10.0. The van der Waals surface area contributed by atoms with Crippen molar-refractivity contribution < 1.29 is 19.1 Å². The first-order valence-corrected chi connectivity index (χ1v) is 4.97. The van der Waals surface area contributed by atoms with Crippen LogP contribution in [0.25, 0.3) is 0 Å². The van der Waals surface area contributed by atoms with Gasteiger partial charge in [0.25, 0.3) is 0 Å². The van der Waals surface area contributed by atoms with E-state index in [9.17, 15) is 9.59 Å². The molecular formula is C13H16O4. The minimum Gasteiger partial charge on any atom is -0.468 e. The first-order chi connectivity index (χ1) is 8.08. The van der Waals surface area contributed by atoms with E-state index in [1.54, 1.807) is 12.2 Å². The summed E-state index contributed by atoms with van der Waals surface area (Å²) in [4.78, 5) is 23.5. The lowest BCUT2D eigenvalue weighted by molar-refractivity contribution is -0.168. The molecule has 0 amide bonds. The molecule has 0 aliphatic heterocycles. The van der Waals surface area contributed by atoms with Gasteiger partial charge >= 0.3 is 11.9 Å². The Morgan fingerprint density at radius 3 is 2.24 bits per heavy atom. The third-order valence-electron chi connectivity index (χ3n) is 2.29. The van der Waals surface area contributed by atoms with Crippen molar-refractivity contribution in [3.63, 3.8) is 0 Å². The minimum absolute atomic E-state index is 0.0756. The summed E-state index contributed by atoms with van der Waals surface area (Å²) in [6.45, 7) is 3.50. The van der Waals surface area contributed by atoms with Gasteiger partial charge in [0.15, 0.2) is 5.41 Å². The molecule has 17 heavy (non-hydrogen) atoms. The van der Waals surface area contributed by atoms with Gasteiger partial charge in [-0.2, -0.15) is 0 Å². The van der Waals surface area contributed by atoms with E-state index in [1.165, 1.54) is 20.3 Å². The monoisotopic (exact) mass is 236 g/mol. The van der Waals surface area contributed by atoms with Crippen LogP contribution < -0.4 is 0 Å². The fourth-order valence-electron chi connectivity index (χ4n) is 1.40. The third-order valence-corrected chi connectivity index (χ3v) is 2.29. The maximum Gasteiger partial charge on any atom is 0.324 e. The summed E-state index contributed by atoms with van der Waals surface area (Å²) < 4.78 is 9.25. The van der Waals surface area contributed by atoms with Crippen molar-refractivity contribution in [3.05, 3.63) is 24.8 Å². The zero-order valence-electron chi connectivity index (χ0n) is 10.1. The predicted molar refractivity (Wildman–Crippen MR) is 63.9 cm³/mol. The third kappa shape index (κ3) is 3.49. The summed E-state index contributed by atoms with van der Waals surface area (Å²) in [5.74, 6) is 0.908. The number of methoxy groups -OCH3 is 2. The Morgan fingerprint density at radius 2 is 1.88 bits per heavy atom. The van der Waals surface area contributed by atoms with Gasteiger partial charge in [-0.3, -0.25) is 9.59 Å². The maximum absolute atomic E-state index is 11.7. The molecule has 0 N–H and O–H groups in total. The molecule has 0 unspecified atom stereocenters. The molecule has 0 aromatic carbocycles. The molecular weight excluding hydrogens is 220 g/mol. The van der Waals surface area contributed by atoms with Crippen LogP contribution in [0.2, 0.25) is 0 Å². The molecule has 0 aliphatic rings. The van der Waals surface area contributed by atoms with Crippen LogP contribution in [0, 0.1) is 17.8 Å². The van der Waals surface area contributed by atoms with Crippen LogP contribution >= 0.6 is 0 Å². The molecule has 0 saturated heterocycles. The number of terminal acetylenes is 1. The van der Waals surface area contributed by atoms with Crippen molar-refractivity contribution >= 4 is 11.9 Å². The number of esters is 2. The van der Waals surface area contributed by atoms with E-state index in [1.807, 2.05) is 0 Å². The number of hydrogen-bond donors (Lipinski definition) is 0. The molecule has 92 valence electrons. The summed E-state index contributed by atoms with van der Waals surface area (Å²) >= 11 is 0. The Morgan fingerprint density at radius 1 is 1.35 bits per heavy atom. The Labute approximate surface area is 101 Å². The highest BCUT2D eigenvalue weighted by atomic mass is 16.5. The van der Waals surface area contributed by atoms with E-state index in [-0.39, 0.29) is 12.8 Å². The molecule has 0 rings (SSSR count). The Balaban J connectivity index is 5.31. The van der Waals surface area contributed by atoms with Crippen LogP contribution in [0.1, 0.15) is 12.8 Å². The highest BCUT2D eigenvalue weighted by Crippen LogP contribution is 2.30. The number of hydrogen-bond acceptors (Lipinski definition) is 4. The van der Waals surface area contributed by atoms with Gasteiger partial charge in [0.1, 0.15) is 0 Å². The number of carbonyl (C=O) groups excluding carboxylic acids is 2. The zero-order valence-corrected chi connectivity index (χ0v) is 10.1. The van der Waals surface area contributed by atoms with Gasteiger partial charge < -0.3 is 9.47 Å². The highest BCUT2D eigenvalue weighted by Gasteiger charge is 2.46. The lowest BCUT2D eigenvalue weighted by Gasteiger charge is -2.24. The molecule has 0 aromatic rings. The van der Waals surface area contributed by atoms with Crippen molar-refractivity contribution in [2.75, 3.05) is 14.2 Å². The topological polar surface area (TPSA) is 52.6 Å². The standard InChI is InChI=1S/C13H16O4/c1-5-7-8-10-13(9-6-2,11(14)16-3)12(15)17-4/h2,5,7-8H,1,9-10H2,3-4H3/b8-7+. The normalized spacial score (nSPS) is 10.6. The van der Waals surface area contributed by atoms with Crippen molar-refractivity contribution in [2.24, 2.45) is 5.41 Å². The second-order valence-corrected chi connectivity index (χ2v) is 3.31. The van der Waals surface area contributed by atoms with Gasteiger partial charge in [-0.15, -0.1) is 12.3 Å². The van der Waals surface area contributed by atoms with Crippen molar-refractivity contribution in [3.8, 4) is 12.3 Å². The zero-order chi connectivity index (χ0) is 13.3. The van der Waals surface area contributed by atoms with Crippen LogP contribution in [-0.2, 0) is 19.1 Å². The Hall–Kier alpha value is -2.02. The maximum atomic E-state index is 11.7. The van der Waals surface area contributed by atoms with Crippen LogP contribution in [0.3, 0.4) is 0 Å². The van der Waals surface area contributed by atoms with Gasteiger partial charge in [0, 0.05) is 6.42 Å². The Kier molecular flexibility index (Phi) is 6.42. The SMILES string of the molecule is C#CCC(C/C=C/C=C)(C(=O)OC)C(=O)OC. The number of rotatable bonds is 6. The van der Waals surface area contributed by atoms with E-state index in [0.29, 0.717) is 0 Å². The molecule has 0 atom stereocenters. The van der Waals surface area contributed by atoms with Crippen LogP contribution in [0.4, 0.5) is 0 Å². The lowest BCUT2D eigenvalue weighted by atomic mass is 9.81. The van der Waals surface area contributed by atoms with Crippen LogP contribution in [0.15, 0.2) is 24.8 Å². The molecule has 0 radical (unpaired) electrons. The quantitative estimate of drug-likeness (QED) is 0.303. The first-order valence-electron chi connectivity index (χ1n) is 4.97. The fourth-order valence-corrected chi connectivity index (χ4v) is 1.40. The number of carbonyl (C=O) groups is 2. The number of allylic oxidation sites excluding steroid dienone is 3. The van der Waals surface area contributed by atoms with Gasteiger partial charge in [-0.25, -0.2) is 0 Å². The Bertz CT molecular complexity index is 344. The molecule has 0 spiro atoms. The molecule has 0 fully saturated rings. The van der Waals surface area contributed by atoms with E-state index in [0.717, 1.165) is 0 Å². The predicted octanol–water partition coefficient (Wildman–Crippen LogP) is 1.47. The highest BCUT2D eigenvalue weighted by molar-refractivity contribution is 6.00. The second kappa shape index (κ2) is 7.29. The number of ether oxygens (including phenoxy) is 2. The summed E-state index contributed by atoms with van der Waals surface area (Å²) in [7, 11) is 2.40. The molecule has 0 aliphatic carbocycles. The van der Waals surface area contributed by atoms with Crippen molar-refractivity contribution in [1.29, 1.82) is 0 Å². The van der Waals surface area contributed by atoms with Gasteiger partial charge in [-0.1, -0.05) is 24.8 Å². The molecule has 0 saturated carbocycles. The van der Waals surface area contributed by atoms with Gasteiger partial charge in [-0.05, 0) is 6.42 Å². The van der Waals surface area contributed by atoms with E-state index in [2.05, 4.69) is 22.0 Å². The van der Waals surface area contributed by atoms with Crippen LogP contribution in [0.5, 0.6) is 0 Å². The van der Waals surface area contributed by atoms with Crippen molar-refractivity contribution in [2.45, 2.75) is 12.8 Å². The van der Waals surface area contributed by atoms with Gasteiger partial charge in [0.2, 0.25) is 0 Å². The fraction of sp³-hybridized carbons (Fsp3) is 0.385. The van der Waals surface area contributed by atoms with Crippen molar-refractivity contribution in [1.82, 2.24) is 0 Å². The molecule has 4 heteroatoms. The van der Waals surface area contributed by atoms with Gasteiger partial charge in [0.05, 0.1) is 14.2 Å². The molecule has 0 bridgehead atoms. The molecule has 0 heterocycles. The second-order valence-electron chi connectivity index (χ2n) is 3.31. The molecule has 0 aromatic heterocycles. The summed E-state index contributed by atoms with van der Waals surface area (Å²) in [5.41, 5.74) is -1.47. The summed E-state index contributed by atoms with van der Waals surface area (Å²) in [6, 6.07) is 0. The largest absolute Gasteiger partial charge is 0.468 e. The van der Waals surface area contributed by atoms with E-state index in [4.69, 9.17) is 6.42 Å². The van der Waals surface area contributed by atoms with E-state index < -0.39 is 17.4 Å². The minimum atomic E-state index is -1.47. The van der Waals surface area contributed by atoms with E-state index >= 15 is 0 Å².